The number of likely N-dealkylation sites (tertiary alicyclic amines) is 1. The summed E-state index contributed by atoms with van der Waals surface area (Å²) >= 11 is 0. The van der Waals surface area contributed by atoms with Crippen LogP contribution in [-0.2, 0) is 11.2 Å². The van der Waals surface area contributed by atoms with Crippen molar-refractivity contribution >= 4 is 5.91 Å². The van der Waals surface area contributed by atoms with E-state index < -0.39 is 0 Å². The van der Waals surface area contributed by atoms with Crippen LogP contribution in [-0.4, -0.2) is 43.3 Å². The first-order chi connectivity index (χ1) is 11.7. The molecule has 0 aliphatic carbocycles. The molecule has 0 saturated carbocycles. The normalized spacial score (nSPS) is 20.1. The number of carbonyl (C=O) groups is 1. The molecule has 1 unspecified atom stereocenters. The Kier molecular flexibility index (Phi) is 5.96. The lowest BCUT2D eigenvalue weighted by Crippen LogP contribution is -2.39. The molecular formula is C19H28N2O3. The van der Waals surface area contributed by atoms with Crippen LogP contribution >= 0.6 is 0 Å². The van der Waals surface area contributed by atoms with Crippen LogP contribution in [0.1, 0.15) is 44.6 Å². The van der Waals surface area contributed by atoms with Gasteiger partial charge in [0.1, 0.15) is 0 Å². The highest BCUT2D eigenvalue weighted by Gasteiger charge is 2.17. The average molecular weight is 332 g/mol. The minimum atomic E-state index is 0.124. The molecular weight excluding hydrogens is 304 g/mol. The van der Waals surface area contributed by atoms with Crippen molar-refractivity contribution in [2.45, 2.75) is 51.5 Å². The summed E-state index contributed by atoms with van der Waals surface area (Å²) in [6, 6.07) is 6.57. The lowest BCUT2D eigenvalue weighted by atomic mass is 10.0. The number of rotatable bonds is 7. The second-order valence-corrected chi connectivity index (χ2v) is 6.77. The van der Waals surface area contributed by atoms with Crippen molar-refractivity contribution in [3.8, 4) is 11.5 Å². The topological polar surface area (TPSA) is 50.8 Å². The summed E-state index contributed by atoms with van der Waals surface area (Å²) in [5.41, 5.74) is 1.11. The number of benzene rings is 1. The minimum absolute atomic E-state index is 0.124. The van der Waals surface area contributed by atoms with Crippen LogP contribution in [0.15, 0.2) is 18.2 Å². The highest BCUT2D eigenvalue weighted by molar-refractivity contribution is 5.76. The summed E-state index contributed by atoms with van der Waals surface area (Å²) in [7, 11) is 0. The summed E-state index contributed by atoms with van der Waals surface area (Å²) < 4.78 is 10.7. The number of hydrogen-bond acceptors (Lipinski definition) is 4. The first kappa shape index (κ1) is 17.1. The highest BCUT2D eigenvalue weighted by Crippen LogP contribution is 2.32. The van der Waals surface area contributed by atoms with Crippen LogP contribution in [0.4, 0.5) is 0 Å². The van der Waals surface area contributed by atoms with E-state index in [1.54, 1.807) is 0 Å². The first-order valence-electron chi connectivity index (χ1n) is 9.11. The number of ether oxygens (including phenoxy) is 2. The van der Waals surface area contributed by atoms with Gasteiger partial charge in [0.25, 0.3) is 0 Å². The van der Waals surface area contributed by atoms with Crippen molar-refractivity contribution in [2.75, 3.05) is 26.4 Å². The van der Waals surface area contributed by atoms with Crippen LogP contribution < -0.4 is 14.8 Å². The fourth-order valence-corrected chi connectivity index (χ4v) is 3.44. The maximum absolute atomic E-state index is 12.0. The van der Waals surface area contributed by atoms with E-state index in [1.807, 2.05) is 18.2 Å². The van der Waals surface area contributed by atoms with Gasteiger partial charge >= 0.3 is 0 Å². The van der Waals surface area contributed by atoms with Gasteiger partial charge in [-0.3, -0.25) is 4.79 Å². The van der Waals surface area contributed by atoms with Gasteiger partial charge in [0.2, 0.25) is 12.7 Å². The molecule has 1 aromatic carbocycles. The molecule has 0 bridgehead atoms. The van der Waals surface area contributed by atoms with Crippen molar-refractivity contribution in [1.29, 1.82) is 0 Å². The van der Waals surface area contributed by atoms with E-state index in [2.05, 4.69) is 17.1 Å². The van der Waals surface area contributed by atoms with Crippen molar-refractivity contribution in [1.82, 2.24) is 10.2 Å². The number of nitrogens with zero attached hydrogens (tertiary/aromatic N) is 1. The maximum Gasteiger partial charge on any atom is 0.231 e. The molecule has 2 aliphatic rings. The maximum atomic E-state index is 12.0. The molecule has 5 heteroatoms. The molecule has 3 rings (SSSR count). The van der Waals surface area contributed by atoms with Gasteiger partial charge in [0, 0.05) is 25.6 Å². The Morgan fingerprint density at radius 2 is 2.17 bits per heavy atom. The van der Waals surface area contributed by atoms with Gasteiger partial charge in [-0.25, -0.2) is 0 Å². The Labute approximate surface area is 144 Å². The fraction of sp³-hybridized carbons (Fsp3) is 0.632. The second kappa shape index (κ2) is 8.38. The number of aryl methyl sites for hydroxylation is 1. The van der Waals surface area contributed by atoms with Gasteiger partial charge in [-0.15, -0.1) is 0 Å². The Morgan fingerprint density at radius 1 is 1.29 bits per heavy atom. The number of nitrogens with one attached hydrogen (secondary N) is 1. The molecule has 5 nitrogen and oxygen atoms in total. The number of hydrogen-bond donors (Lipinski definition) is 1. The third-order valence-electron chi connectivity index (χ3n) is 4.96. The number of piperidine rings is 1. The molecule has 2 aliphatic heterocycles. The Bertz CT molecular complexity index is 562. The summed E-state index contributed by atoms with van der Waals surface area (Å²) in [5.74, 6) is 1.69. The number of fused-ring (bicyclic) bond motifs is 1. The van der Waals surface area contributed by atoms with Gasteiger partial charge < -0.3 is 19.7 Å². The number of carbonyl (C=O) groups excluding carboxylic acids is 1. The van der Waals surface area contributed by atoms with Gasteiger partial charge in [0.05, 0.1) is 0 Å². The van der Waals surface area contributed by atoms with E-state index in [0.717, 1.165) is 43.0 Å². The SMILES string of the molecule is CC1CCCCN1CCCNC(=O)CCc1ccc2c(c1)OCO2. The minimum Gasteiger partial charge on any atom is -0.454 e. The zero-order chi connectivity index (χ0) is 16.8. The van der Waals surface area contributed by atoms with Crippen LogP contribution in [0.2, 0.25) is 0 Å². The lowest BCUT2D eigenvalue weighted by molar-refractivity contribution is -0.121. The van der Waals surface area contributed by atoms with Gasteiger partial charge in [-0.05, 0) is 56.8 Å². The molecule has 0 aromatic heterocycles. The summed E-state index contributed by atoms with van der Waals surface area (Å²) in [6.45, 7) is 5.66. The summed E-state index contributed by atoms with van der Waals surface area (Å²) in [5, 5.41) is 3.04. The molecule has 24 heavy (non-hydrogen) atoms. The fourth-order valence-electron chi connectivity index (χ4n) is 3.44. The van der Waals surface area contributed by atoms with Gasteiger partial charge in [0.15, 0.2) is 11.5 Å². The Balaban J connectivity index is 1.31. The first-order valence-corrected chi connectivity index (χ1v) is 9.11. The molecule has 1 amide bonds. The van der Waals surface area contributed by atoms with E-state index in [9.17, 15) is 4.79 Å². The second-order valence-electron chi connectivity index (χ2n) is 6.77. The molecule has 132 valence electrons. The average Bonchev–Trinajstić information content (AvgIpc) is 3.06. The van der Waals surface area contributed by atoms with Crippen molar-refractivity contribution in [3.05, 3.63) is 23.8 Å². The van der Waals surface area contributed by atoms with Crippen LogP contribution in [0, 0.1) is 0 Å². The van der Waals surface area contributed by atoms with Crippen molar-refractivity contribution < 1.29 is 14.3 Å². The largest absolute Gasteiger partial charge is 0.454 e. The zero-order valence-corrected chi connectivity index (χ0v) is 14.6. The molecule has 1 fully saturated rings. The Morgan fingerprint density at radius 3 is 3.04 bits per heavy atom. The van der Waals surface area contributed by atoms with E-state index in [-0.39, 0.29) is 12.7 Å². The van der Waals surface area contributed by atoms with Gasteiger partial charge in [-0.2, -0.15) is 0 Å². The van der Waals surface area contributed by atoms with Gasteiger partial charge in [-0.1, -0.05) is 12.5 Å². The monoisotopic (exact) mass is 332 g/mol. The van der Waals surface area contributed by atoms with E-state index in [4.69, 9.17) is 9.47 Å². The third-order valence-corrected chi connectivity index (χ3v) is 4.96. The third kappa shape index (κ3) is 4.63. The molecule has 1 saturated heterocycles. The zero-order valence-electron chi connectivity index (χ0n) is 14.6. The Hall–Kier alpha value is -1.75. The molecule has 2 heterocycles. The molecule has 1 aromatic rings. The smallest absolute Gasteiger partial charge is 0.231 e. The highest BCUT2D eigenvalue weighted by atomic mass is 16.7. The van der Waals surface area contributed by atoms with E-state index >= 15 is 0 Å². The molecule has 1 N–H and O–H groups in total. The van der Waals surface area contributed by atoms with Crippen LogP contribution in [0.3, 0.4) is 0 Å². The number of amides is 1. The van der Waals surface area contributed by atoms with Crippen molar-refractivity contribution in [2.24, 2.45) is 0 Å². The summed E-state index contributed by atoms with van der Waals surface area (Å²) in [4.78, 5) is 14.5. The predicted octanol–water partition coefficient (Wildman–Crippen LogP) is 2.73. The molecule has 1 atom stereocenters. The molecule has 0 radical (unpaired) electrons. The summed E-state index contributed by atoms with van der Waals surface area (Å²) in [6.07, 6.45) is 6.24. The van der Waals surface area contributed by atoms with Crippen LogP contribution in [0.5, 0.6) is 11.5 Å². The molecule has 0 spiro atoms. The standard InChI is InChI=1S/C19H28N2O3/c1-15-5-2-3-11-21(15)12-4-10-20-19(22)9-7-16-6-8-17-18(13-16)24-14-23-17/h6,8,13,15H,2-5,7,9-12,14H2,1H3,(H,20,22). The lowest BCUT2D eigenvalue weighted by Gasteiger charge is -2.33. The van der Waals surface area contributed by atoms with E-state index in [0.29, 0.717) is 12.5 Å². The quantitative estimate of drug-likeness (QED) is 0.780. The van der Waals surface area contributed by atoms with Crippen molar-refractivity contribution in [3.63, 3.8) is 0 Å². The predicted molar refractivity (Wildman–Crippen MR) is 93.4 cm³/mol. The van der Waals surface area contributed by atoms with E-state index in [1.165, 1.54) is 25.8 Å². The van der Waals surface area contributed by atoms with Crippen LogP contribution in [0.25, 0.3) is 0 Å².